The number of benzene rings is 2. The minimum Gasteiger partial charge on any atom is -0.457 e. The van der Waals surface area contributed by atoms with Crippen LogP contribution in [0.1, 0.15) is 24.8 Å². The first-order chi connectivity index (χ1) is 11.7. The highest BCUT2D eigenvalue weighted by Crippen LogP contribution is 2.24. The van der Waals surface area contributed by atoms with E-state index in [1.54, 1.807) is 0 Å². The van der Waals surface area contributed by atoms with Gasteiger partial charge in [0.1, 0.15) is 11.5 Å². The predicted octanol–water partition coefficient (Wildman–Crippen LogP) is 4.12. The van der Waals surface area contributed by atoms with Gasteiger partial charge in [-0.25, -0.2) is 0 Å². The van der Waals surface area contributed by atoms with Gasteiger partial charge in [0.05, 0.1) is 0 Å². The number of anilines is 1. The van der Waals surface area contributed by atoms with Crippen molar-refractivity contribution in [2.75, 3.05) is 18.4 Å². The van der Waals surface area contributed by atoms with E-state index in [-0.39, 0.29) is 5.91 Å². The first-order valence-corrected chi connectivity index (χ1v) is 8.54. The maximum absolute atomic E-state index is 12.0. The van der Waals surface area contributed by atoms with Crippen LogP contribution in [0.5, 0.6) is 11.5 Å². The first kappa shape index (κ1) is 16.5. The van der Waals surface area contributed by atoms with Crippen LogP contribution in [0.3, 0.4) is 0 Å². The van der Waals surface area contributed by atoms with E-state index in [2.05, 4.69) is 10.6 Å². The second kappa shape index (κ2) is 7.97. The molecule has 2 N–H and O–H groups in total. The Bertz CT molecular complexity index is 676. The number of amides is 1. The summed E-state index contributed by atoms with van der Waals surface area (Å²) >= 11 is 0. The lowest BCUT2D eigenvalue weighted by Gasteiger charge is -2.10. The molecule has 0 spiro atoms. The van der Waals surface area contributed by atoms with Gasteiger partial charge in [-0.05, 0) is 80.7 Å². The highest BCUT2D eigenvalue weighted by atomic mass is 16.5. The number of carbonyl (C=O) groups excluding carboxylic acids is 1. The largest absolute Gasteiger partial charge is 0.457 e. The van der Waals surface area contributed by atoms with Gasteiger partial charge in [-0.3, -0.25) is 4.79 Å². The first-order valence-electron chi connectivity index (χ1n) is 8.54. The van der Waals surface area contributed by atoms with Crippen molar-refractivity contribution in [1.82, 2.24) is 5.32 Å². The summed E-state index contributed by atoms with van der Waals surface area (Å²) in [7, 11) is 0. The van der Waals surface area contributed by atoms with Crippen molar-refractivity contribution in [2.24, 2.45) is 5.92 Å². The number of carbonyl (C=O) groups is 1. The zero-order valence-corrected chi connectivity index (χ0v) is 14.0. The predicted molar refractivity (Wildman–Crippen MR) is 96.5 cm³/mol. The van der Waals surface area contributed by atoms with Crippen molar-refractivity contribution in [3.8, 4) is 11.5 Å². The van der Waals surface area contributed by atoms with Gasteiger partial charge in [-0.2, -0.15) is 0 Å². The van der Waals surface area contributed by atoms with E-state index in [9.17, 15) is 4.79 Å². The Balaban J connectivity index is 1.49. The molecule has 0 aliphatic carbocycles. The Kier molecular flexibility index (Phi) is 5.49. The lowest BCUT2D eigenvalue weighted by atomic mass is 10.0. The molecule has 4 nitrogen and oxygen atoms in total. The molecule has 1 amide bonds. The van der Waals surface area contributed by atoms with E-state index in [0.29, 0.717) is 12.3 Å². The lowest BCUT2D eigenvalue weighted by molar-refractivity contribution is -0.116. The fourth-order valence-corrected chi connectivity index (χ4v) is 2.94. The van der Waals surface area contributed by atoms with Crippen LogP contribution >= 0.6 is 0 Å². The van der Waals surface area contributed by atoms with E-state index in [1.165, 1.54) is 6.42 Å². The van der Waals surface area contributed by atoms with Crippen LogP contribution in [0.25, 0.3) is 0 Å². The monoisotopic (exact) mass is 324 g/mol. The quantitative estimate of drug-likeness (QED) is 0.840. The molecule has 0 bridgehead atoms. The smallest absolute Gasteiger partial charge is 0.224 e. The van der Waals surface area contributed by atoms with Gasteiger partial charge in [-0.15, -0.1) is 0 Å². The third kappa shape index (κ3) is 4.83. The molecule has 1 aliphatic heterocycles. The Morgan fingerprint density at radius 1 is 1.21 bits per heavy atom. The molecule has 0 radical (unpaired) electrons. The molecule has 24 heavy (non-hydrogen) atoms. The fraction of sp³-hybridized carbons (Fsp3) is 0.350. The van der Waals surface area contributed by atoms with E-state index in [1.807, 2.05) is 55.5 Å². The summed E-state index contributed by atoms with van der Waals surface area (Å²) in [6.45, 7) is 4.15. The van der Waals surface area contributed by atoms with Crippen LogP contribution in [0.4, 0.5) is 5.69 Å². The number of hydrogen-bond donors (Lipinski definition) is 2. The van der Waals surface area contributed by atoms with Crippen LogP contribution < -0.4 is 15.4 Å². The normalized spacial score (nSPS) is 16.8. The van der Waals surface area contributed by atoms with E-state index in [4.69, 9.17) is 4.74 Å². The van der Waals surface area contributed by atoms with Crippen molar-refractivity contribution in [3.05, 3.63) is 54.1 Å². The van der Waals surface area contributed by atoms with Crippen LogP contribution in [0.15, 0.2) is 48.5 Å². The summed E-state index contributed by atoms with van der Waals surface area (Å²) < 4.78 is 5.81. The van der Waals surface area contributed by atoms with Gasteiger partial charge in [0.15, 0.2) is 0 Å². The molecule has 126 valence electrons. The van der Waals surface area contributed by atoms with E-state index < -0.39 is 0 Å². The zero-order chi connectivity index (χ0) is 16.8. The van der Waals surface area contributed by atoms with Crippen molar-refractivity contribution in [2.45, 2.75) is 26.2 Å². The molecular formula is C20H24N2O2. The molecule has 1 atom stereocenters. The van der Waals surface area contributed by atoms with Crippen molar-refractivity contribution < 1.29 is 9.53 Å². The highest BCUT2D eigenvalue weighted by Gasteiger charge is 2.15. The average molecular weight is 324 g/mol. The van der Waals surface area contributed by atoms with Crippen molar-refractivity contribution in [3.63, 3.8) is 0 Å². The molecule has 1 aliphatic rings. The van der Waals surface area contributed by atoms with E-state index >= 15 is 0 Å². The number of hydrogen-bond acceptors (Lipinski definition) is 3. The summed E-state index contributed by atoms with van der Waals surface area (Å²) in [4.78, 5) is 12.0. The van der Waals surface area contributed by atoms with Gasteiger partial charge >= 0.3 is 0 Å². The molecule has 1 saturated heterocycles. The van der Waals surface area contributed by atoms with Crippen LogP contribution in [0, 0.1) is 12.8 Å². The number of nitrogens with one attached hydrogen (secondary N) is 2. The summed E-state index contributed by atoms with van der Waals surface area (Å²) in [5.74, 6) is 2.29. The Hall–Kier alpha value is -2.33. The molecule has 1 fully saturated rings. The van der Waals surface area contributed by atoms with Crippen molar-refractivity contribution >= 4 is 11.6 Å². The van der Waals surface area contributed by atoms with Gasteiger partial charge in [-0.1, -0.05) is 12.1 Å². The van der Waals surface area contributed by atoms with Crippen molar-refractivity contribution in [1.29, 1.82) is 0 Å². The molecule has 1 heterocycles. The highest BCUT2D eigenvalue weighted by molar-refractivity contribution is 5.90. The molecule has 2 aromatic rings. The third-order valence-corrected chi connectivity index (χ3v) is 4.31. The van der Waals surface area contributed by atoms with Gasteiger partial charge in [0.25, 0.3) is 0 Å². The summed E-state index contributed by atoms with van der Waals surface area (Å²) in [5, 5.41) is 6.28. The zero-order valence-electron chi connectivity index (χ0n) is 14.0. The number of ether oxygens (including phenoxy) is 1. The maximum Gasteiger partial charge on any atom is 0.224 e. The Morgan fingerprint density at radius 2 is 2.04 bits per heavy atom. The fourth-order valence-electron chi connectivity index (χ4n) is 2.94. The molecule has 0 aromatic heterocycles. The standard InChI is InChI=1S/C20H24N2O2/c1-15-3-2-4-19(13-15)24-18-8-6-17(7-9-18)22-20(23)10-5-16-11-12-21-14-16/h2-4,6-9,13,16,21H,5,10-12,14H2,1H3,(H,22,23). The average Bonchev–Trinajstić information content (AvgIpc) is 3.08. The number of aryl methyl sites for hydroxylation is 1. The van der Waals surface area contributed by atoms with Crippen LogP contribution in [0.2, 0.25) is 0 Å². The van der Waals surface area contributed by atoms with Crippen LogP contribution in [-0.2, 0) is 4.79 Å². The summed E-state index contributed by atoms with van der Waals surface area (Å²) in [6.07, 6.45) is 2.71. The Labute approximate surface area is 143 Å². The van der Waals surface area contributed by atoms with Gasteiger partial charge < -0.3 is 15.4 Å². The molecule has 4 heteroatoms. The van der Waals surface area contributed by atoms with Gasteiger partial charge in [0.2, 0.25) is 5.91 Å². The second-order valence-corrected chi connectivity index (χ2v) is 6.39. The lowest BCUT2D eigenvalue weighted by Crippen LogP contribution is -2.14. The summed E-state index contributed by atoms with van der Waals surface area (Å²) in [6, 6.07) is 15.4. The van der Waals surface area contributed by atoms with Crippen LogP contribution in [-0.4, -0.2) is 19.0 Å². The number of rotatable bonds is 6. The molecule has 1 unspecified atom stereocenters. The minimum atomic E-state index is 0.0780. The minimum absolute atomic E-state index is 0.0780. The third-order valence-electron chi connectivity index (χ3n) is 4.31. The molecule has 3 rings (SSSR count). The summed E-state index contributed by atoms with van der Waals surface area (Å²) in [5.41, 5.74) is 1.97. The SMILES string of the molecule is Cc1cccc(Oc2ccc(NC(=O)CCC3CCNC3)cc2)c1. The van der Waals surface area contributed by atoms with Gasteiger partial charge in [0, 0.05) is 12.1 Å². The van der Waals surface area contributed by atoms with E-state index in [0.717, 1.165) is 42.3 Å². The molecular weight excluding hydrogens is 300 g/mol. The second-order valence-electron chi connectivity index (χ2n) is 6.39. The Morgan fingerprint density at radius 3 is 2.75 bits per heavy atom. The maximum atomic E-state index is 12.0. The molecule has 2 aromatic carbocycles. The molecule has 0 saturated carbocycles. The topological polar surface area (TPSA) is 50.4 Å².